The van der Waals surface area contributed by atoms with Crippen LogP contribution in [-0.2, 0) is 6.18 Å². The predicted molar refractivity (Wildman–Crippen MR) is 68.5 cm³/mol. The molecule has 2 rings (SSSR count). The summed E-state index contributed by atoms with van der Waals surface area (Å²) in [5, 5.41) is 9.12. The van der Waals surface area contributed by atoms with E-state index in [-0.39, 0.29) is 5.75 Å². The van der Waals surface area contributed by atoms with Gasteiger partial charge in [-0.3, -0.25) is 0 Å². The van der Waals surface area contributed by atoms with Gasteiger partial charge in [-0.25, -0.2) is 0 Å². The van der Waals surface area contributed by atoms with Gasteiger partial charge in [-0.1, -0.05) is 36.4 Å². The molecule has 0 aliphatic carbocycles. The third kappa shape index (κ3) is 3.61. The average Bonchev–Trinajstić information content (AvgIpc) is 2.37. The lowest BCUT2D eigenvalue weighted by Crippen LogP contribution is -2.04. The van der Waals surface area contributed by atoms with Gasteiger partial charge in [0.15, 0.2) is 0 Å². The number of phenols is 1. The van der Waals surface area contributed by atoms with E-state index in [4.69, 9.17) is 5.11 Å². The number of alkyl halides is 3. The topological polar surface area (TPSA) is 20.2 Å². The van der Waals surface area contributed by atoms with Crippen LogP contribution in [0.5, 0.6) is 5.75 Å². The van der Waals surface area contributed by atoms with Crippen LogP contribution in [-0.4, -0.2) is 5.11 Å². The maximum absolute atomic E-state index is 12.5. The fourth-order valence-corrected chi connectivity index (χ4v) is 1.60. The summed E-state index contributed by atoms with van der Waals surface area (Å²) < 4.78 is 37.6. The van der Waals surface area contributed by atoms with E-state index in [2.05, 4.69) is 0 Å². The van der Waals surface area contributed by atoms with E-state index >= 15 is 0 Å². The number of phenolic OH excluding ortho intramolecular Hbond substituents is 1. The van der Waals surface area contributed by atoms with Crippen molar-refractivity contribution in [3.8, 4) is 5.75 Å². The van der Waals surface area contributed by atoms with E-state index in [1.807, 2.05) is 0 Å². The largest absolute Gasteiger partial charge is 0.508 e. The van der Waals surface area contributed by atoms with Crippen LogP contribution in [0.1, 0.15) is 16.7 Å². The van der Waals surface area contributed by atoms with Crippen molar-refractivity contribution in [3.63, 3.8) is 0 Å². The van der Waals surface area contributed by atoms with Gasteiger partial charge in [0, 0.05) is 0 Å². The van der Waals surface area contributed by atoms with Crippen molar-refractivity contribution >= 4 is 12.2 Å². The van der Waals surface area contributed by atoms with Gasteiger partial charge in [0.2, 0.25) is 0 Å². The minimum absolute atomic E-state index is 0.149. The summed E-state index contributed by atoms with van der Waals surface area (Å²) in [5.74, 6) is 0.149. The second-order valence-corrected chi connectivity index (χ2v) is 4.05. The molecule has 0 amide bonds. The Bertz CT molecular complexity index is 583. The third-order valence-electron chi connectivity index (χ3n) is 2.58. The van der Waals surface area contributed by atoms with E-state index in [9.17, 15) is 13.2 Å². The molecule has 0 fully saturated rings. The van der Waals surface area contributed by atoms with E-state index in [0.29, 0.717) is 5.56 Å². The van der Waals surface area contributed by atoms with Gasteiger partial charge in [-0.05, 0) is 35.4 Å². The summed E-state index contributed by atoms with van der Waals surface area (Å²) in [4.78, 5) is 0. The highest BCUT2D eigenvalue weighted by Crippen LogP contribution is 2.29. The zero-order valence-corrected chi connectivity index (χ0v) is 9.85. The van der Waals surface area contributed by atoms with E-state index < -0.39 is 11.7 Å². The lowest BCUT2D eigenvalue weighted by molar-refractivity contribution is -0.137. The number of halogens is 3. The van der Waals surface area contributed by atoms with Gasteiger partial charge in [-0.15, -0.1) is 0 Å². The Morgan fingerprint density at radius 2 is 1.47 bits per heavy atom. The lowest BCUT2D eigenvalue weighted by atomic mass is 10.1. The first kappa shape index (κ1) is 13.2. The number of aromatic hydroxyl groups is 1. The summed E-state index contributed by atoms with van der Waals surface area (Å²) in [6.45, 7) is 0. The highest BCUT2D eigenvalue weighted by molar-refractivity contribution is 5.70. The Morgan fingerprint density at radius 1 is 0.842 bits per heavy atom. The molecule has 0 saturated heterocycles. The Kier molecular flexibility index (Phi) is 3.60. The monoisotopic (exact) mass is 264 g/mol. The van der Waals surface area contributed by atoms with Gasteiger partial charge in [-0.2, -0.15) is 13.2 Å². The summed E-state index contributed by atoms with van der Waals surface area (Å²) in [7, 11) is 0. The average molecular weight is 264 g/mol. The molecule has 4 heteroatoms. The van der Waals surface area contributed by atoms with Crippen LogP contribution in [0.15, 0.2) is 48.5 Å². The molecule has 0 bridgehead atoms. The molecule has 0 atom stereocenters. The normalized spacial score (nSPS) is 11.9. The molecule has 2 aromatic carbocycles. The highest BCUT2D eigenvalue weighted by atomic mass is 19.4. The first-order valence-corrected chi connectivity index (χ1v) is 5.59. The fraction of sp³-hybridized carbons (Fsp3) is 0.0667. The number of rotatable bonds is 2. The first-order valence-electron chi connectivity index (χ1n) is 5.59. The second-order valence-electron chi connectivity index (χ2n) is 4.05. The van der Waals surface area contributed by atoms with Crippen LogP contribution in [0.2, 0.25) is 0 Å². The van der Waals surface area contributed by atoms with E-state index in [1.165, 1.54) is 18.2 Å². The lowest BCUT2D eigenvalue weighted by Gasteiger charge is -2.06. The standard InChI is InChI=1S/C15H11F3O/c16-15(17,18)13-3-1-2-12(10-13)5-4-11-6-8-14(19)9-7-11/h1-10,19H. The van der Waals surface area contributed by atoms with Crippen molar-refractivity contribution in [2.24, 2.45) is 0 Å². The zero-order valence-electron chi connectivity index (χ0n) is 9.85. The van der Waals surface area contributed by atoms with E-state index in [1.54, 1.807) is 30.4 Å². The molecule has 0 heterocycles. The molecule has 2 aromatic rings. The van der Waals surface area contributed by atoms with Crippen LogP contribution in [0.3, 0.4) is 0 Å². The molecule has 1 nitrogen and oxygen atoms in total. The smallest absolute Gasteiger partial charge is 0.416 e. The van der Waals surface area contributed by atoms with Crippen LogP contribution >= 0.6 is 0 Å². The molecule has 0 unspecified atom stereocenters. The molecule has 1 N–H and O–H groups in total. The number of hydrogen-bond donors (Lipinski definition) is 1. The molecule has 98 valence electrons. The highest BCUT2D eigenvalue weighted by Gasteiger charge is 2.30. The Labute approximate surface area is 108 Å². The third-order valence-corrected chi connectivity index (χ3v) is 2.58. The van der Waals surface area contributed by atoms with Crippen molar-refractivity contribution in [2.45, 2.75) is 6.18 Å². The van der Waals surface area contributed by atoms with Crippen molar-refractivity contribution < 1.29 is 18.3 Å². The molecule has 0 aliphatic heterocycles. The van der Waals surface area contributed by atoms with Gasteiger partial charge in [0.1, 0.15) is 5.75 Å². The first-order chi connectivity index (χ1) is 8.95. The van der Waals surface area contributed by atoms with E-state index in [0.717, 1.165) is 17.7 Å². The molecule has 19 heavy (non-hydrogen) atoms. The number of hydrogen-bond acceptors (Lipinski definition) is 1. The van der Waals surface area contributed by atoms with Gasteiger partial charge >= 0.3 is 6.18 Å². The van der Waals surface area contributed by atoms with Crippen LogP contribution in [0.4, 0.5) is 13.2 Å². The Balaban J connectivity index is 2.21. The van der Waals surface area contributed by atoms with Crippen LogP contribution < -0.4 is 0 Å². The maximum atomic E-state index is 12.5. The number of benzene rings is 2. The zero-order chi connectivity index (χ0) is 13.9. The summed E-state index contributed by atoms with van der Waals surface area (Å²) in [5.41, 5.74) is 0.610. The Hall–Kier alpha value is -2.23. The molecule has 0 aromatic heterocycles. The summed E-state index contributed by atoms with van der Waals surface area (Å²) in [6.07, 6.45) is -1.04. The van der Waals surface area contributed by atoms with Crippen LogP contribution in [0.25, 0.3) is 12.2 Å². The summed E-state index contributed by atoms with van der Waals surface area (Å²) in [6, 6.07) is 11.5. The fourth-order valence-electron chi connectivity index (χ4n) is 1.60. The maximum Gasteiger partial charge on any atom is 0.416 e. The van der Waals surface area contributed by atoms with Gasteiger partial charge in [0.05, 0.1) is 5.56 Å². The summed E-state index contributed by atoms with van der Waals surface area (Å²) >= 11 is 0. The van der Waals surface area contributed by atoms with Crippen LogP contribution in [0, 0.1) is 0 Å². The van der Waals surface area contributed by atoms with Gasteiger partial charge < -0.3 is 5.11 Å². The molecule has 0 saturated carbocycles. The minimum atomic E-state index is -4.33. The second kappa shape index (κ2) is 5.18. The van der Waals surface area contributed by atoms with Crippen molar-refractivity contribution in [1.82, 2.24) is 0 Å². The van der Waals surface area contributed by atoms with Crippen molar-refractivity contribution in [3.05, 3.63) is 65.2 Å². The SMILES string of the molecule is Oc1ccc(C=Cc2cccc(C(F)(F)F)c2)cc1. The Morgan fingerprint density at radius 3 is 2.11 bits per heavy atom. The molecule has 0 spiro atoms. The van der Waals surface area contributed by atoms with Gasteiger partial charge in [0.25, 0.3) is 0 Å². The predicted octanol–water partition coefficient (Wildman–Crippen LogP) is 4.58. The van der Waals surface area contributed by atoms with Crippen molar-refractivity contribution in [2.75, 3.05) is 0 Å². The van der Waals surface area contributed by atoms with Crippen molar-refractivity contribution in [1.29, 1.82) is 0 Å². The quantitative estimate of drug-likeness (QED) is 0.787. The molecular formula is C15H11F3O. The molecule has 0 radical (unpaired) electrons. The molecular weight excluding hydrogens is 253 g/mol. The molecule has 0 aliphatic rings. The minimum Gasteiger partial charge on any atom is -0.508 e.